The van der Waals surface area contributed by atoms with Crippen LogP contribution in [0.3, 0.4) is 0 Å². The molecule has 0 amide bonds. The first-order valence-electron chi connectivity index (χ1n) is 7.59. The lowest BCUT2D eigenvalue weighted by Crippen LogP contribution is -2.63. The Kier molecular flexibility index (Phi) is 5.05. The maximum Gasteiger partial charge on any atom is 0.0704 e. The molecule has 0 saturated heterocycles. The Morgan fingerprint density at radius 3 is 2.50 bits per heavy atom. The molecule has 3 nitrogen and oxygen atoms in total. The van der Waals surface area contributed by atoms with E-state index < -0.39 is 0 Å². The number of nitrogens with one attached hydrogen (secondary N) is 1. The average Bonchev–Trinajstić information content (AvgIpc) is 2.37. The third kappa shape index (κ3) is 2.89. The highest BCUT2D eigenvalue weighted by Crippen LogP contribution is 2.53. The molecule has 2 fully saturated rings. The fraction of sp³-hybridized carbons (Fsp3) is 1.00. The first-order valence-corrected chi connectivity index (χ1v) is 7.59. The van der Waals surface area contributed by atoms with E-state index in [4.69, 9.17) is 9.47 Å². The topological polar surface area (TPSA) is 30.5 Å². The smallest absolute Gasteiger partial charge is 0.0704 e. The zero-order chi connectivity index (χ0) is 13.0. The maximum absolute atomic E-state index is 6.09. The predicted octanol–water partition coefficient (Wildman–Crippen LogP) is 2.74. The van der Waals surface area contributed by atoms with Crippen molar-refractivity contribution in [2.75, 3.05) is 20.3 Å². The van der Waals surface area contributed by atoms with Gasteiger partial charge >= 0.3 is 0 Å². The summed E-state index contributed by atoms with van der Waals surface area (Å²) >= 11 is 0. The first-order chi connectivity index (χ1) is 8.69. The Bertz CT molecular complexity index is 249. The summed E-state index contributed by atoms with van der Waals surface area (Å²) < 4.78 is 11.6. The van der Waals surface area contributed by atoms with Crippen molar-refractivity contribution < 1.29 is 9.47 Å². The summed E-state index contributed by atoms with van der Waals surface area (Å²) in [5.74, 6) is 0. The molecule has 0 bridgehead atoms. The van der Waals surface area contributed by atoms with Gasteiger partial charge in [-0.2, -0.15) is 0 Å². The van der Waals surface area contributed by atoms with Crippen LogP contribution < -0.4 is 5.32 Å². The lowest BCUT2D eigenvalue weighted by molar-refractivity contribution is -0.159. The minimum atomic E-state index is 0.309. The highest BCUT2D eigenvalue weighted by Gasteiger charge is 2.54. The van der Waals surface area contributed by atoms with Crippen LogP contribution in [0.15, 0.2) is 0 Å². The Morgan fingerprint density at radius 2 is 1.89 bits per heavy atom. The van der Waals surface area contributed by atoms with Crippen LogP contribution in [-0.4, -0.2) is 38.5 Å². The van der Waals surface area contributed by atoms with Crippen LogP contribution >= 0.6 is 0 Å². The van der Waals surface area contributed by atoms with Crippen LogP contribution in [0.5, 0.6) is 0 Å². The molecule has 18 heavy (non-hydrogen) atoms. The maximum atomic E-state index is 6.09. The van der Waals surface area contributed by atoms with E-state index in [1.54, 1.807) is 0 Å². The highest BCUT2D eigenvalue weighted by atomic mass is 16.5. The van der Waals surface area contributed by atoms with Crippen LogP contribution in [-0.2, 0) is 9.47 Å². The molecule has 2 rings (SSSR count). The van der Waals surface area contributed by atoms with E-state index in [9.17, 15) is 0 Å². The second kappa shape index (κ2) is 6.36. The third-order valence-electron chi connectivity index (χ3n) is 4.77. The lowest BCUT2D eigenvalue weighted by atomic mass is 9.55. The van der Waals surface area contributed by atoms with Gasteiger partial charge in [-0.1, -0.05) is 19.3 Å². The molecule has 2 saturated carbocycles. The standard InChI is InChI=1S/C15H29NO2/c1-12(2)17-9-10-18-14-11-13(16-3)15(14)7-5-4-6-8-15/h12-14,16H,4-11H2,1-3H3. The van der Waals surface area contributed by atoms with Gasteiger partial charge in [-0.05, 0) is 40.2 Å². The van der Waals surface area contributed by atoms with Gasteiger partial charge in [0.1, 0.15) is 0 Å². The summed E-state index contributed by atoms with van der Waals surface area (Å²) in [6.07, 6.45) is 8.79. The summed E-state index contributed by atoms with van der Waals surface area (Å²) in [5.41, 5.74) is 0.435. The van der Waals surface area contributed by atoms with E-state index in [1.807, 2.05) is 0 Å². The van der Waals surface area contributed by atoms with Gasteiger partial charge in [0.25, 0.3) is 0 Å². The molecule has 0 aromatic rings. The zero-order valence-electron chi connectivity index (χ0n) is 12.2. The quantitative estimate of drug-likeness (QED) is 0.740. The normalized spacial score (nSPS) is 30.7. The van der Waals surface area contributed by atoms with Gasteiger partial charge in [0, 0.05) is 11.5 Å². The first kappa shape index (κ1) is 14.3. The lowest BCUT2D eigenvalue weighted by Gasteiger charge is -2.57. The molecule has 2 aliphatic rings. The molecule has 0 aromatic heterocycles. The van der Waals surface area contributed by atoms with Crippen molar-refractivity contribution >= 4 is 0 Å². The number of ether oxygens (including phenoxy) is 2. The van der Waals surface area contributed by atoms with E-state index in [2.05, 4.69) is 26.2 Å². The van der Waals surface area contributed by atoms with Crippen molar-refractivity contribution in [3.05, 3.63) is 0 Å². The SMILES string of the molecule is CNC1CC(OCCOC(C)C)C12CCCCC2. The molecule has 2 unspecified atom stereocenters. The summed E-state index contributed by atoms with van der Waals surface area (Å²) in [6.45, 7) is 5.63. The van der Waals surface area contributed by atoms with Crippen molar-refractivity contribution in [3.8, 4) is 0 Å². The van der Waals surface area contributed by atoms with E-state index >= 15 is 0 Å². The van der Waals surface area contributed by atoms with Gasteiger partial charge in [0.2, 0.25) is 0 Å². The van der Waals surface area contributed by atoms with Gasteiger partial charge in [0.15, 0.2) is 0 Å². The molecule has 0 aliphatic heterocycles. The molecule has 1 spiro atoms. The fourth-order valence-electron chi connectivity index (χ4n) is 3.74. The summed E-state index contributed by atoms with van der Waals surface area (Å²) in [5, 5.41) is 3.49. The molecule has 106 valence electrons. The van der Waals surface area contributed by atoms with Gasteiger partial charge in [-0.3, -0.25) is 0 Å². The molecular formula is C15H29NO2. The van der Waals surface area contributed by atoms with E-state index in [0.717, 1.165) is 13.2 Å². The molecule has 2 aliphatic carbocycles. The summed E-state index contributed by atoms with van der Waals surface area (Å²) in [4.78, 5) is 0. The number of hydrogen-bond donors (Lipinski definition) is 1. The van der Waals surface area contributed by atoms with Gasteiger partial charge in [-0.25, -0.2) is 0 Å². The van der Waals surface area contributed by atoms with Crippen LogP contribution in [0, 0.1) is 5.41 Å². The van der Waals surface area contributed by atoms with Crippen LogP contribution in [0.1, 0.15) is 52.4 Å². The van der Waals surface area contributed by atoms with Gasteiger partial charge in [-0.15, -0.1) is 0 Å². The van der Waals surface area contributed by atoms with E-state index in [0.29, 0.717) is 23.7 Å². The second-order valence-corrected chi connectivity index (χ2v) is 6.15. The Hall–Kier alpha value is -0.120. The molecular weight excluding hydrogens is 226 g/mol. The molecule has 1 N–H and O–H groups in total. The van der Waals surface area contributed by atoms with Crippen LogP contribution in [0.4, 0.5) is 0 Å². The third-order valence-corrected chi connectivity index (χ3v) is 4.77. The number of hydrogen-bond acceptors (Lipinski definition) is 3. The Labute approximate surface area is 112 Å². The molecule has 0 heterocycles. The van der Waals surface area contributed by atoms with Crippen molar-refractivity contribution in [2.45, 2.75) is 70.6 Å². The van der Waals surface area contributed by atoms with Crippen molar-refractivity contribution in [1.29, 1.82) is 0 Å². The minimum absolute atomic E-state index is 0.309. The second-order valence-electron chi connectivity index (χ2n) is 6.15. The predicted molar refractivity (Wildman–Crippen MR) is 73.8 cm³/mol. The molecule has 0 radical (unpaired) electrons. The van der Waals surface area contributed by atoms with E-state index in [1.165, 1.54) is 38.5 Å². The fourth-order valence-corrected chi connectivity index (χ4v) is 3.74. The summed E-state index contributed by atoms with van der Waals surface area (Å²) in [6, 6.07) is 0.675. The van der Waals surface area contributed by atoms with Gasteiger partial charge in [0.05, 0.1) is 25.4 Å². The van der Waals surface area contributed by atoms with Crippen molar-refractivity contribution in [2.24, 2.45) is 5.41 Å². The Balaban J connectivity index is 1.78. The van der Waals surface area contributed by atoms with E-state index in [-0.39, 0.29) is 0 Å². The molecule has 0 aromatic carbocycles. The van der Waals surface area contributed by atoms with Crippen molar-refractivity contribution in [1.82, 2.24) is 5.32 Å². The minimum Gasteiger partial charge on any atom is -0.376 e. The Morgan fingerprint density at radius 1 is 1.17 bits per heavy atom. The molecule has 2 atom stereocenters. The monoisotopic (exact) mass is 255 g/mol. The van der Waals surface area contributed by atoms with Crippen LogP contribution in [0.2, 0.25) is 0 Å². The van der Waals surface area contributed by atoms with Crippen molar-refractivity contribution in [3.63, 3.8) is 0 Å². The van der Waals surface area contributed by atoms with Crippen LogP contribution in [0.25, 0.3) is 0 Å². The number of rotatable bonds is 6. The zero-order valence-corrected chi connectivity index (χ0v) is 12.2. The highest BCUT2D eigenvalue weighted by molar-refractivity contribution is 5.08. The van der Waals surface area contributed by atoms with Gasteiger partial charge < -0.3 is 14.8 Å². The average molecular weight is 255 g/mol. The largest absolute Gasteiger partial charge is 0.376 e. The summed E-state index contributed by atoms with van der Waals surface area (Å²) in [7, 11) is 2.10. The molecule has 3 heteroatoms.